The van der Waals surface area contributed by atoms with Crippen molar-refractivity contribution in [1.82, 2.24) is 9.62 Å². The van der Waals surface area contributed by atoms with E-state index in [0.717, 1.165) is 5.56 Å². The maximum absolute atomic E-state index is 13.6. The zero-order valence-electron chi connectivity index (χ0n) is 15.2. The third-order valence-corrected chi connectivity index (χ3v) is 6.70. The van der Waals surface area contributed by atoms with Gasteiger partial charge in [0.05, 0.1) is 11.3 Å². The molecule has 0 unspecified atom stereocenters. The molecule has 0 atom stereocenters. The highest BCUT2D eigenvalue weighted by Gasteiger charge is 2.29. The Hall–Kier alpha value is -2.25. The molecule has 1 saturated heterocycles. The van der Waals surface area contributed by atoms with Crippen LogP contribution in [0.4, 0.5) is 4.39 Å². The van der Waals surface area contributed by atoms with E-state index >= 15 is 0 Å². The second-order valence-corrected chi connectivity index (χ2v) is 8.77. The van der Waals surface area contributed by atoms with Gasteiger partial charge in [-0.05, 0) is 43.5 Å². The Morgan fingerprint density at radius 1 is 1.11 bits per heavy atom. The normalized spacial score (nSPS) is 16.2. The van der Waals surface area contributed by atoms with Crippen LogP contribution in [0.5, 0.6) is 0 Å². The zero-order chi connectivity index (χ0) is 19.4. The van der Waals surface area contributed by atoms with Gasteiger partial charge in [-0.2, -0.15) is 4.31 Å². The van der Waals surface area contributed by atoms with E-state index in [2.05, 4.69) is 5.32 Å². The van der Waals surface area contributed by atoms with E-state index < -0.39 is 15.8 Å². The van der Waals surface area contributed by atoms with Crippen molar-refractivity contribution in [3.63, 3.8) is 0 Å². The molecule has 2 aromatic carbocycles. The van der Waals surface area contributed by atoms with Gasteiger partial charge in [-0.15, -0.1) is 0 Å². The summed E-state index contributed by atoms with van der Waals surface area (Å²) in [4.78, 5) is 12.4. The lowest BCUT2D eigenvalue weighted by Gasteiger charge is -2.31. The van der Waals surface area contributed by atoms with E-state index in [1.165, 1.54) is 10.4 Å². The molecule has 1 N–H and O–H groups in total. The number of rotatable bonds is 5. The lowest BCUT2D eigenvalue weighted by Crippen LogP contribution is -2.46. The topological polar surface area (TPSA) is 66.5 Å². The maximum Gasteiger partial charge on any atom is 0.243 e. The van der Waals surface area contributed by atoms with Crippen LogP contribution in [0.1, 0.15) is 24.0 Å². The minimum absolute atomic E-state index is 0.0193. The molecule has 144 valence electrons. The van der Waals surface area contributed by atoms with Gasteiger partial charge < -0.3 is 5.32 Å². The number of nitrogens with zero attached hydrogens (tertiary/aromatic N) is 1. The lowest BCUT2D eigenvalue weighted by molar-refractivity contribution is -0.121. The summed E-state index contributed by atoms with van der Waals surface area (Å²) in [6.07, 6.45) is 1.05. The molecule has 1 amide bonds. The molecule has 27 heavy (non-hydrogen) atoms. The second kappa shape index (κ2) is 8.19. The van der Waals surface area contributed by atoms with Crippen molar-refractivity contribution < 1.29 is 17.6 Å². The summed E-state index contributed by atoms with van der Waals surface area (Å²) >= 11 is 0. The Balaban J connectivity index is 1.55. The summed E-state index contributed by atoms with van der Waals surface area (Å²) in [5.74, 6) is -0.647. The van der Waals surface area contributed by atoms with Crippen molar-refractivity contribution in [2.24, 2.45) is 0 Å². The highest BCUT2D eigenvalue weighted by atomic mass is 32.2. The fourth-order valence-electron chi connectivity index (χ4n) is 3.19. The van der Waals surface area contributed by atoms with Gasteiger partial charge in [0.15, 0.2) is 0 Å². The van der Waals surface area contributed by atoms with Crippen molar-refractivity contribution in [3.05, 3.63) is 65.5 Å². The Morgan fingerprint density at radius 2 is 1.74 bits per heavy atom. The number of hydrogen-bond acceptors (Lipinski definition) is 3. The molecule has 1 aliphatic rings. The van der Waals surface area contributed by atoms with Crippen LogP contribution in [0.2, 0.25) is 0 Å². The Morgan fingerprint density at radius 3 is 2.37 bits per heavy atom. The first-order chi connectivity index (χ1) is 12.9. The second-order valence-electron chi connectivity index (χ2n) is 6.83. The zero-order valence-corrected chi connectivity index (χ0v) is 16.0. The van der Waals surface area contributed by atoms with Crippen molar-refractivity contribution >= 4 is 15.9 Å². The van der Waals surface area contributed by atoms with E-state index in [9.17, 15) is 17.6 Å². The molecule has 0 saturated carbocycles. The summed E-state index contributed by atoms with van der Waals surface area (Å²) in [7, 11) is -3.51. The maximum atomic E-state index is 13.6. The van der Waals surface area contributed by atoms with Crippen LogP contribution >= 0.6 is 0 Å². The molecule has 5 nitrogen and oxygen atoms in total. The number of benzene rings is 2. The quantitative estimate of drug-likeness (QED) is 0.854. The molecule has 0 aromatic heterocycles. The number of amides is 1. The molecule has 0 radical (unpaired) electrons. The highest BCUT2D eigenvalue weighted by molar-refractivity contribution is 7.89. The lowest BCUT2D eigenvalue weighted by atomic mass is 10.1. The van der Waals surface area contributed by atoms with Crippen LogP contribution in [-0.4, -0.2) is 37.8 Å². The summed E-state index contributed by atoms with van der Waals surface area (Å²) in [5, 5.41) is 2.89. The van der Waals surface area contributed by atoms with Gasteiger partial charge in [-0.1, -0.05) is 35.9 Å². The largest absolute Gasteiger partial charge is 0.353 e. The predicted octanol–water partition coefficient (Wildman–Crippen LogP) is 2.65. The van der Waals surface area contributed by atoms with E-state index in [4.69, 9.17) is 0 Å². The van der Waals surface area contributed by atoms with E-state index in [1.807, 2.05) is 6.92 Å². The highest BCUT2D eigenvalue weighted by Crippen LogP contribution is 2.21. The number of carbonyl (C=O) groups excluding carboxylic acids is 1. The van der Waals surface area contributed by atoms with Crippen LogP contribution < -0.4 is 5.32 Å². The van der Waals surface area contributed by atoms with Crippen molar-refractivity contribution in [3.8, 4) is 0 Å². The summed E-state index contributed by atoms with van der Waals surface area (Å²) in [6.45, 7) is 2.60. The molecule has 3 rings (SSSR count). The fraction of sp³-hybridized carbons (Fsp3) is 0.350. The van der Waals surface area contributed by atoms with Gasteiger partial charge in [-0.25, -0.2) is 12.8 Å². The van der Waals surface area contributed by atoms with Crippen LogP contribution in [0.3, 0.4) is 0 Å². The van der Waals surface area contributed by atoms with E-state index in [-0.39, 0.29) is 23.3 Å². The molecular weight excluding hydrogens is 367 g/mol. The Bertz CT molecular complexity index is 905. The van der Waals surface area contributed by atoms with Crippen LogP contribution in [0.25, 0.3) is 0 Å². The smallest absolute Gasteiger partial charge is 0.243 e. The average Bonchev–Trinajstić information content (AvgIpc) is 2.64. The van der Waals surface area contributed by atoms with Gasteiger partial charge in [0.2, 0.25) is 15.9 Å². The van der Waals surface area contributed by atoms with Crippen LogP contribution in [0.15, 0.2) is 53.4 Å². The predicted molar refractivity (Wildman–Crippen MR) is 101 cm³/mol. The molecular formula is C20H23FN2O3S. The summed E-state index contributed by atoms with van der Waals surface area (Å²) in [5.41, 5.74) is 1.36. The van der Waals surface area contributed by atoms with Gasteiger partial charge in [0, 0.05) is 19.1 Å². The molecule has 2 aromatic rings. The van der Waals surface area contributed by atoms with Crippen molar-refractivity contribution in [2.45, 2.75) is 37.1 Å². The third kappa shape index (κ3) is 4.73. The minimum atomic E-state index is -3.51. The number of carbonyl (C=O) groups is 1. The van der Waals surface area contributed by atoms with Crippen LogP contribution in [0, 0.1) is 12.7 Å². The third-order valence-electron chi connectivity index (χ3n) is 4.79. The monoisotopic (exact) mass is 390 g/mol. The minimum Gasteiger partial charge on any atom is -0.353 e. The number of aryl methyl sites for hydroxylation is 1. The Labute approximate surface area is 159 Å². The first-order valence-corrected chi connectivity index (χ1v) is 10.4. The molecule has 0 bridgehead atoms. The van der Waals surface area contributed by atoms with Gasteiger partial charge in [-0.3, -0.25) is 4.79 Å². The average molecular weight is 390 g/mol. The summed E-state index contributed by atoms with van der Waals surface area (Å²) < 4.78 is 40.5. The molecule has 0 spiro atoms. The van der Waals surface area contributed by atoms with Crippen molar-refractivity contribution in [2.75, 3.05) is 13.1 Å². The first kappa shape index (κ1) is 19.5. The van der Waals surface area contributed by atoms with Gasteiger partial charge in [0.1, 0.15) is 5.82 Å². The number of sulfonamides is 1. The standard InChI is InChI=1S/C20H23FN2O3S/c1-15-6-8-18(9-7-15)27(25,26)23-12-10-17(11-13-23)22-20(24)14-16-4-2-3-5-19(16)21/h2-9,17H,10-14H2,1H3,(H,22,24). The number of piperidine rings is 1. The van der Waals surface area contributed by atoms with E-state index in [0.29, 0.717) is 31.5 Å². The SMILES string of the molecule is Cc1ccc(S(=O)(=O)N2CCC(NC(=O)Cc3ccccc3F)CC2)cc1. The molecule has 1 aliphatic heterocycles. The van der Waals surface area contributed by atoms with Gasteiger partial charge >= 0.3 is 0 Å². The number of halogens is 1. The number of hydrogen-bond donors (Lipinski definition) is 1. The van der Waals surface area contributed by atoms with Gasteiger partial charge in [0.25, 0.3) is 0 Å². The van der Waals surface area contributed by atoms with Crippen molar-refractivity contribution in [1.29, 1.82) is 0 Å². The fourth-order valence-corrected chi connectivity index (χ4v) is 4.66. The molecule has 0 aliphatic carbocycles. The molecule has 7 heteroatoms. The van der Waals surface area contributed by atoms with Crippen LogP contribution in [-0.2, 0) is 21.2 Å². The van der Waals surface area contributed by atoms with E-state index in [1.54, 1.807) is 42.5 Å². The molecule has 1 heterocycles. The Kier molecular flexibility index (Phi) is 5.92. The number of nitrogens with one attached hydrogen (secondary N) is 1. The summed E-state index contributed by atoms with van der Waals surface area (Å²) in [6, 6.07) is 12.9. The molecule has 1 fully saturated rings. The first-order valence-electron chi connectivity index (χ1n) is 8.96.